The first-order valence-corrected chi connectivity index (χ1v) is 10.2. The number of amides is 1. The van der Waals surface area contributed by atoms with E-state index in [0.29, 0.717) is 5.13 Å². The summed E-state index contributed by atoms with van der Waals surface area (Å²) in [6.45, 7) is 0. The zero-order valence-electron chi connectivity index (χ0n) is 14.4. The normalized spacial score (nSPS) is 11.3. The number of imidazole rings is 1. The van der Waals surface area contributed by atoms with Gasteiger partial charge in [0.05, 0.1) is 22.3 Å². The van der Waals surface area contributed by atoms with E-state index in [1.165, 1.54) is 34.8 Å². The Bertz CT molecular complexity index is 1270. The number of fused-ring (bicyclic) bond motifs is 2. The number of thiazole rings is 2. The Hall–Kier alpha value is -3.10. The van der Waals surface area contributed by atoms with Crippen LogP contribution in [0.15, 0.2) is 60.1 Å². The minimum absolute atomic E-state index is 0.129. The smallest absolute Gasteiger partial charge is 0.232 e. The number of carbonyl (C=O) groups excluding carboxylic acids is 1. The summed E-state index contributed by atoms with van der Waals surface area (Å²) in [7, 11) is 0. The van der Waals surface area contributed by atoms with Crippen LogP contribution in [0.5, 0.6) is 0 Å². The summed E-state index contributed by atoms with van der Waals surface area (Å²) < 4.78 is 16.1. The molecule has 0 saturated carbocycles. The number of rotatable bonds is 4. The largest absolute Gasteiger partial charge is 0.302 e. The highest BCUT2D eigenvalue weighted by molar-refractivity contribution is 7.22. The minimum atomic E-state index is -0.281. The number of nitrogens with zero attached hydrogens (tertiary/aromatic N) is 3. The topological polar surface area (TPSA) is 59.3 Å². The first-order valence-electron chi connectivity index (χ1n) is 8.52. The van der Waals surface area contributed by atoms with Crippen molar-refractivity contribution in [2.75, 3.05) is 5.32 Å². The Morgan fingerprint density at radius 3 is 2.75 bits per heavy atom. The number of nitrogens with one attached hydrogen (secondary N) is 1. The van der Waals surface area contributed by atoms with Crippen molar-refractivity contribution in [3.63, 3.8) is 0 Å². The molecule has 0 saturated heterocycles. The van der Waals surface area contributed by atoms with Gasteiger partial charge in [0, 0.05) is 22.8 Å². The fourth-order valence-corrected chi connectivity index (χ4v) is 4.72. The van der Waals surface area contributed by atoms with Crippen LogP contribution in [-0.2, 0) is 11.2 Å². The molecule has 0 aliphatic carbocycles. The van der Waals surface area contributed by atoms with Crippen LogP contribution in [-0.4, -0.2) is 20.3 Å². The molecule has 5 nitrogen and oxygen atoms in total. The lowest BCUT2D eigenvalue weighted by Gasteiger charge is -2.01. The second kappa shape index (κ2) is 6.81. The molecule has 8 heteroatoms. The van der Waals surface area contributed by atoms with Crippen molar-refractivity contribution in [1.29, 1.82) is 0 Å². The Morgan fingerprint density at radius 2 is 1.93 bits per heavy atom. The zero-order chi connectivity index (χ0) is 19.1. The third kappa shape index (κ3) is 3.17. The third-order valence-electron chi connectivity index (χ3n) is 4.31. The van der Waals surface area contributed by atoms with Crippen molar-refractivity contribution in [1.82, 2.24) is 14.4 Å². The van der Waals surface area contributed by atoms with Gasteiger partial charge in [0.25, 0.3) is 0 Å². The van der Waals surface area contributed by atoms with Crippen LogP contribution < -0.4 is 5.32 Å². The van der Waals surface area contributed by atoms with Gasteiger partial charge in [0.1, 0.15) is 5.82 Å². The molecule has 138 valence electrons. The quantitative estimate of drug-likeness (QED) is 0.456. The molecule has 0 spiro atoms. The van der Waals surface area contributed by atoms with E-state index in [4.69, 9.17) is 0 Å². The first-order chi connectivity index (χ1) is 13.7. The van der Waals surface area contributed by atoms with E-state index in [0.717, 1.165) is 32.1 Å². The second-order valence-electron chi connectivity index (χ2n) is 6.22. The highest BCUT2D eigenvalue weighted by atomic mass is 32.1. The Labute approximate surface area is 167 Å². The average Bonchev–Trinajstić information content (AvgIpc) is 3.37. The highest BCUT2D eigenvalue weighted by Crippen LogP contribution is 2.27. The maximum Gasteiger partial charge on any atom is 0.232 e. The molecular formula is C20H13FN4OS2. The molecule has 0 aliphatic heterocycles. The predicted molar refractivity (Wildman–Crippen MR) is 110 cm³/mol. The van der Waals surface area contributed by atoms with Crippen molar-refractivity contribution in [3.05, 3.63) is 71.6 Å². The van der Waals surface area contributed by atoms with Gasteiger partial charge in [-0.3, -0.25) is 9.20 Å². The summed E-state index contributed by atoms with van der Waals surface area (Å²) >= 11 is 2.92. The molecule has 3 aromatic heterocycles. The SMILES string of the molecule is O=C(Cc1csc2nc(-c3ccc(F)cc3)cn12)Nc1nc2ccccc2s1. The van der Waals surface area contributed by atoms with Crippen molar-refractivity contribution in [2.24, 2.45) is 0 Å². The number of hydrogen-bond acceptors (Lipinski definition) is 5. The van der Waals surface area contributed by atoms with Crippen LogP contribution in [0.25, 0.3) is 26.4 Å². The Morgan fingerprint density at radius 1 is 1.11 bits per heavy atom. The van der Waals surface area contributed by atoms with Crippen molar-refractivity contribution < 1.29 is 9.18 Å². The van der Waals surface area contributed by atoms with Crippen LogP contribution in [0, 0.1) is 5.82 Å². The number of para-hydroxylation sites is 1. The van der Waals surface area contributed by atoms with E-state index in [2.05, 4.69) is 15.3 Å². The lowest BCUT2D eigenvalue weighted by atomic mass is 10.2. The lowest BCUT2D eigenvalue weighted by Crippen LogP contribution is -2.15. The van der Waals surface area contributed by atoms with Gasteiger partial charge < -0.3 is 5.32 Å². The molecule has 0 aliphatic rings. The van der Waals surface area contributed by atoms with Crippen LogP contribution in [0.1, 0.15) is 5.69 Å². The summed E-state index contributed by atoms with van der Waals surface area (Å²) in [5.74, 6) is -0.409. The van der Waals surface area contributed by atoms with Crippen molar-refractivity contribution >= 4 is 48.9 Å². The molecule has 1 N–H and O–H groups in total. The Balaban J connectivity index is 1.37. The van der Waals surface area contributed by atoms with Crippen molar-refractivity contribution in [3.8, 4) is 11.3 Å². The molecule has 5 rings (SSSR count). The summed E-state index contributed by atoms with van der Waals surface area (Å²) in [5, 5.41) is 5.39. The number of anilines is 1. The number of carbonyl (C=O) groups is 1. The molecule has 0 bridgehead atoms. The van der Waals surface area contributed by atoms with Gasteiger partial charge in [-0.1, -0.05) is 23.5 Å². The first kappa shape index (κ1) is 17.0. The zero-order valence-corrected chi connectivity index (χ0v) is 16.1. The van der Waals surface area contributed by atoms with Gasteiger partial charge in [-0.15, -0.1) is 11.3 Å². The van der Waals surface area contributed by atoms with Gasteiger partial charge >= 0.3 is 0 Å². The molecular weight excluding hydrogens is 395 g/mol. The average molecular weight is 408 g/mol. The fraction of sp³-hybridized carbons (Fsp3) is 0.0500. The van der Waals surface area contributed by atoms with Gasteiger partial charge in [0.2, 0.25) is 5.91 Å². The summed E-state index contributed by atoms with van der Waals surface area (Å²) in [4.78, 5) is 22.3. The molecule has 0 fully saturated rings. The second-order valence-corrected chi connectivity index (χ2v) is 8.09. The summed E-state index contributed by atoms with van der Waals surface area (Å²) in [6, 6.07) is 14.0. The van der Waals surface area contributed by atoms with Gasteiger partial charge in [-0.25, -0.2) is 14.4 Å². The maximum absolute atomic E-state index is 13.1. The molecule has 28 heavy (non-hydrogen) atoms. The fourth-order valence-electron chi connectivity index (χ4n) is 2.97. The number of benzene rings is 2. The van der Waals surface area contributed by atoms with Gasteiger partial charge in [-0.05, 0) is 36.4 Å². The van der Waals surface area contributed by atoms with E-state index in [1.807, 2.05) is 40.2 Å². The van der Waals surface area contributed by atoms with Gasteiger partial charge in [-0.2, -0.15) is 0 Å². The van der Waals surface area contributed by atoms with Crippen LogP contribution in [0.2, 0.25) is 0 Å². The number of halogens is 1. The monoisotopic (exact) mass is 408 g/mol. The standard InChI is InChI=1S/C20H13FN4OS2/c21-13-7-5-12(6-8-13)16-10-25-14(11-27-20(25)23-16)9-18(26)24-19-22-15-3-1-2-4-17(15)28-19/h1-8,10-11H,9H2,(H,22,24,26). The third-order valence-corrected chi connectivity index (χ3v) is 6.15. The Kier molecular flexibility index (Phi) is 4.14. The van der Waals surface area contributed by atoms with E-state index >= 15 is 0 Å². The summed E-state index contributed by atoms with van der Waals surface area (Å²) in [6.07, 6.45) is 2.09. The van der Waals surface area contributed by atoms with Gasteiger partial charge in [0.15, 0.2) is 10.1 Å². The number of hydrogen-bond donors (Lipinski definition) is 1. The van der Waals surface area contributed by atoms with E-state index in [9.17, 15) is 9.18 Å². The highest BCUT2D eigenvalue weighted by Gasteiger charge is 2.14. The molecule has 0 unspecified atom stereocenters. The van der Waals surface area contributed by atoms with E-state index < -0.39 is 0 Å². The lowest BCUT2D eigenvalue weighted by molar-refractivity contribution is -0.115. The summed E-state index contributed by atoms with van der Waals surface area (Å²) in [5.41, 5.74) is 3.31. The molecule has 5 aromatic rings. The maximum atomic E-state index is 13.1. The van der Waals surface area contributed by atoms with Crippen LogP contribution in [0.3, 0.4) is 0 Å². The molecule has 3 heterocycles. The van der Waals surface area contributed by atoms with Crippen LogP contribution >= 0.6 is 22.7 Å². The molecule has 0 radical (unpaired) electrons. The minimum Gasteiger partial charge on any atom is -0.302 e. The number of aromatic nitrogens is 3. The molecule has 2 aromatic carbocycles. The molecule has 1 amide bonds. The van der Waals surface area contributed by atoms with Crippen molar-refractivity contribution in [2.45, 2.75) is 6.42 Å². The molecule has 0 atom stereocenters. The van der Waals surface area contributed by atoms with E-state index in [-0.39, 0.29) is 18.1 Å². The van der Waals surface area contributed by atoms with Crippen LogP contribution in [0.4, 0.5) is 9.52 Å². The predicted octanol–water partition coefficient (Wildman–Crippen LogP) is 4.99. The van der Waals surface area contributed by atoms with E-state index in [1.54, 1.807) is 12.1 Å².